The van der Waals surface area contributed by atoms with Crippen LogP contribution in [0.4, 0.5) is 0 Å². The number of aryl methyl sites for hydroxylation is 1. The summed E-state index contributed by atoms with van der Waals surface area (Å²) in [5.41, 5.74) is 3.83. The SMILES string of the molecule is COc1ccc(C2CC(=O)Oc3ccc4c(c32)OC(=Cc2cn(C)c3ccccc23)C4=O)c(OC)c1. The smallest absolute Gasteiger partial charge is 0.312 e. The first-order valence-corrected chi connectivity index (χ1v) is 11.6. The topological polar surface area (TPSA) is 76.0 Å². The molecule has 4 aromatic rings. The number of allylic oxidation sites excluding steroid dienone is 1. The fraction of sp³-hybridized carbons (Fsp3) is 0.172. The number of benzene rings is 3. The van der Waals surface area contributed by atoms with E-state index in [-0.39, 0.29) is 23.9 Å². The van der Waals surface area contributed by atoms with E-state index in [1.165, 1.54) is 0 Å². The molecular formula is C29H23NO6. The second-order valence-corrected chi connectivity index (χ2v) is 8.84. The number of ketones is 1. The van der Waals surface area contributed by atoms with Crippen LogP contribution in [0.3, 0.4) is 0 Å². The summed E-state index contributed by atoms with van der Waals surface area (Å²) in [5, 5.41) is 1.02. The van der Waals surface area contributed by atoms with E-state index in [1.54, 1.807) is 38.5 Å². The highest BCUT2D eigenvalue weighted by molar-refractivity contribution is 6.15. The van der Waals surface area contributed by atoms with Crippen molar-refractivity contribution in [3.8, 4) is 23.0 Å². The number of hydrogen-bond acceptors (Lipinski definition) is 6. The summed E-state index contributed by atoms with van der Waals surface area (Å²) in [4.78, 5) is 25.9. The second-order valence-electron chi connectivity index (χ2n) is 8.84. The van der Waals surface area contributed by atoms with Crippen molar-refractivity contribution in [1.82, 2.24) is 4.57 Å². The van der Waals surface area contributed by atoms with Crippen LogP contribution in [0.2, 0.25) is 0 Å². The lowest BCUT2D eigenvalue weighted by Gasteiger charge is -2.27. The zero-order valence-corrected chi connectivity index (χ0v) is 20.0. The Kier molecular flexibility index (Phi) is 5.07. The molecule has 3 aromatic carbocycles. The summed E-state index contributed by atoms with van der Waals surface area (Å²) in [6.45, 7) is 0. The number of ether oxygens (including phenoxy) is 4. The third-order valence-corrected chi connectivity index (χ3v) is 6.81. The van der Waals surface area contributed by atoms with Crippen molar-refractivity contribution in [2.24, 2.45) is 7.05 Å². The third kappa shape index (κ3) is 3.35. The molecule has 0 spiro atoms. The number of nitrogens with zero attached hydrogens (tertiary/aromatic N) is 1. The van der Waals surface area contributed by atoms with Gasteiger partial charge in [-0.3, -0.25) is 9.59 Å². The number of hydrogen-bond donors (Lipinski definition) is 0. The van der Waals surface area contributed by atoms with Crippen molar-refractivity contribution in [2.45, 2.75) is 12.3 Å². The van der Waals surface area contributed by atoms with Gasteiger partial charge >= 0.3 is 5.97 Å². The van der Waals surface area contributed by atoms with Crippen LogP contribution >= 0.6 is 0 Å². The molecule has 36 heavy (non-hydrogen) atoms. The number of methoxy groups -OCH3 is 2. The van der Waals surface area contributed by atoms with Gasteiger partial charge in [-0.1, -0.05) is 24.3 Å². The molecule has 0 saturated heterocycles. The number of fused-ring (bicyclic) bond motifs is 4. The van der Waals surface area contributed by atoms with Gasteiger partial charge in [-0.15, -0.1) is 0 Å². The fourth-order valence-electron chi connectivity index (χ4n) is 5.11. The number of rotatable bonds is 4. The lowest BCUT2D eigenvalue weighted by Crippen LogP contribution is -2.22. The Labute approximate surface area is 207 Å². The molecule has 0 bridgehead atoms. The first-order valence-electron chi connectivity index (χ1n) is 11.6. The van der Waals surface area contributed by atoms with Gasteiger partial charge in [0.05, 0.1) is 26.2 Å². The molecule has 3 heterocycles. The summed E-state index contributed by atoms with van der Waals surface area (Å²) in [7, 11) is 5.12. The zero-order valence-electron chi connectivity index (χ0n) is 20.0. The van der Waals surface area contributed by atoms with Crippen molar-refractivity contribution < 1.29 is 28.5 Å². The van der Waals surface area contributed by atoms with Gasteiger partial charge in [-0.2, -0.15) is 0 Å². The zero-order chi connectivity index (χ0) is 25.0. The van der Waals surface area contributed by atoms with E-state index in [0.29, 0.717) is 34.1 Å². The molecule has 0 radical (unpaired) electrons. The van der Waals surface area contributed by atoms with Gasteiger partial charge in [0.1, 0.15) is 23.0 Å². The van der Waals surface area contributed by atoms with Crippen LogP contribution in [0.1, 0.15) is 39.4 Å². The molecule has 0 aliphatic carbocycles. The van der Waals surface area contributed by atoms with Gasteiger partial charge in [0.15, 0.2) is 5.76 Å². The molecule has 7 heteroatoms. The minimum absolute atomic E-state index is 0.0893. The summed E-state index contributed by atoms with van der Waals surface area (Å²) >= 11 is 0. The molecule has 0 fully saturated rings. The quantitative estimate of drug-likeness (QED) is 0.225. The minimum Gasteiger partial charge on any atom is -0.497 e. The highest BCUT2D eigenvalue weighted by Crippen LogP contribution is 2.50. The van der Waals surface area contributed by atoms with Crippen LogP contribution in [-0.2, 0) is 11.8 Å². The van der Waals surface area contributed by atoms with Gasteiger partial charge in [0, 0.05) is 52.8 Å². The lowest BCUT2D eigenvalue weighted by molar-refractivity contribution is -0.135. The molecule has 0 amide bonds. The maximum absolute atomic E-state index is 13.4. The molecule has 6 rings (SSSR count). The number of para-hydroxylation sites is 1. The van der Waals surface area contributed by atoms with Crippen LogP contribution < -0.4 is 18.9 Å². The number of aromatic nitrogens is 1. The van der Waals surface area contributed by atoms with E-state index in [4.69, 9.17) is 18.9 Å². The third-order valence-electron chi connectivity index (χ3n) is 6.81. The molecule has 2 aliphatic heterocycles. The molecule has 180 valence electrons. The number of esters is 1. The average Bonchev–Trinajstić information content (AvgIpc) is 3.39. The molecule has 1 atom stereocenters. The van der Waals surface area contributed by atoms with E-state index < -0.39 is 5.92 Å². The predicted octanol–water partition coefficient (Wildman–Crippen LogP) is 5.25. The van der Waals surface area contributed by atoms with Gasteiger partial charge < -0.3 is 23.5 Å². The van der Waals surface area contributed by atoms with Crippen LogP contribution in [0.5, 0.6) is 23.0 Å². The molecule has 1 aromatic heterocycles. The van der Waals surface area contributed by atoms with E-state index in [1.807, 2.05) is 54.2 Å². The van der Waals surface area contributed by atoms with Gasteiger partial charge in [-0.25, -0.2) is 0 Å². The highest BCUT2D eigenvalue weighted by atomic mass is 16.5. The Morgan fingerprint density at radius 2 is 1.83 bits per heavy atom. The molecule has 1 unspecified atom stereocenters. The van der Waals surface area contributed by atoms with Crippen LogP contribution in [-0.4, -0.2) is 30.5 Å². The molecular weight excluding hydrogens is 458 g/mol. The number of carbonyl (C=O) groups is 2. The van der Waals surface area contributed by atoms with Gasteiger partial charge in [-0.05, 0) is 30.3 Å². The Morgan fingerprint density at radius 1 is 1.00 bits per heavy atom. The summed E-state index contributed by atoms with van der Waals surface area (Å²) < 4.78 is 24.8. The summed E-state index contributed by atoms with van der Waals surface area (Å²) in [5.74, 6) is 1.26. The predicted molar refractivity (Wildman–Crippen MR) is 134 cm³/mol. The van der Waals surface area contributed by atoms with E-state index >= 15 is 0 Å². The van der Waals surface area contributed by atoms with Gasteiger partial charge in [0.25, 0.3) is 0 Å². The van der Waals surface area contributed by atoms with Crippen molar-refractivity contribution >= 4 is 28.7 Å². The Morgan fingerprint density at radius 3 is 2.64 bits per heavy atom. The van der Waals surface area contributed by atoms with Crippen LogP contribution in [0.15, 0.2) is 66.6 Å². The van der Waals surface area contributed by atoms with Crippen molar-refractivity contribution in [3.05, 3.63) is 88.8 Å². The first-order chi connectivity index (χ1) is 17.5. The van der Waals surface area contributed by atoms with E-state index in [0.717, 1.165) is 22.0 Å². The maximum Gasteiger partial charge on any atom is 0.312 e. The Balaban J connectivity index is 1.48. The largest absolute Gasteiger partial charge is 0.497 e. The van der Waals surface area contributed by atoms with E-state index in [9.17, 15) is 9.59 Å². The van der Waals surface area contributed by atoms with Gasteiger partial charge in [0.2, 0.25) is 5.78 Å². The standard InChI is InChI=1S/C29H23NO6/c1-30-15-16(18-6-4-5-7-22(18)30)12-25-28(32)20-10-11-23-27(29(20)36-25)21(14-26(31)35-23)19-9-8-17(33-2)13-24(19)34-3/h4-13,15,21H,14H2,1-3H3. The van der Waals surface area contributed by atoms with Crippen molar-refractivity contribution in [1.29, 1.82) is 0 Å². The molecule has 0 saturated carbocycles. The monoisotopic (exact) mass is 481 g/mol. The maximum atomic E-state index is 13.4. The van der Waals surface area contributed by atoms with Crippen molar-refractivity contribution in [2.75, 3.05) is 14.2 Å². The van der Waals surface area contributed by atoms with Crippen LogP contribution in [0, 0.1) is 0 Å². The second kappa shape index (κ2) is 8.30. The van der Waals surface area contributed by atoms with E-state index in [2.05, 4.69) is 0 Å². The Hall–Kier alpha value is -4.52. The lowest BCUT2D eigenvalue weighted by atomic mass is 9.84. The Bertz CT molecular complexity index is 1600. The molecule has 2 aliphatic rings. The van der Waals surface area contributed by atoms with Crippen LogP contribution in [0.25, 0.3) is 17.0 Å². The minimum atomic E-state index is -0.415. The molecule has 0 N–H and O–H groups in total. The first kappa shape index (κ1) is 22.0. The summed E-state index contributed by atoms with van der Waals surface area (Å²) in [6, 6.07) is 16.8. The van der Waals surface area contributed by atoms with Crippen molar-refractivity contribution in [3.63, 3.8) is 0 Å². The normalized spacial score (nSPS) is 17.5. The summed E-state index contributed by atoms with van der Waals surface area (Å²) in [6.07, 6.45) is 3.83. The molecule has 7 nitrogen and oxygen atoms in total. The fourth-order valence-corrected chi connectivity index (χ4v) is 5.11. The average molecular weight is 482 g/mol. The number of carbonyl (C=O) groups excluding carboxylic acids is 2. The number of Topliss-reactive ketones (excluding diaryl/α,β-unsaturated/α-hetero) is 1. The highest BCUT2D eigenvalue weighted by Gasteiger charge is 2.39.